The van der Waals surface area contributed by atoms with Gasteiger partial charge in [-0.2, -0.15) is 0 Å². The number of hydrogen-bond donors (Lipinski definition) is 0. The maximum absolute atomic E-state index is 12.2. The van der Waals surface area contributed by atoms with E-state index >= 15 is 0 Å². The first kappa shape index (κ1) is 18.8. The van der Waals surface area contributed by atoms with E-state index in [1.54, 1.807) is 4.90 Å². The summed E-state index contributed by atoms with van der Waals surface area (Å²) >= 11 is 5.76. The Labute approximate surface area is 138 Å². The number of amides is 1. The second kappa shape index (κ2) is 9.70. The van der Waals surface area contributed by atoms with Gasteiger partial charge in [-0.1, -0.05) is 32.9 Å². The van der Waals surface area contributed by atoms with Gasteiger partial charge in [0.05, 0.1) is 12.3 Å². The Morgan fingerprint density at radius 3 is 2.59 bits per heavy atom. The highest BCUT2D eigenvalue weighted by atomic mass is 35.5. The number of aryl methyl sites for hydroxylation is 1. The number of hydrogen-bond acceptors (Lipinski definition) is 3. The van der Waals surface area contributed by atoms with Gasteiger partial charge in [-0.3, -0.25) is 9.69 Å². The van der Waals surface area contributed by atoms with Crippen molar-refractivity contribution in [1.29, 1.82) is 0 Å². The van der Waals surface area contributed by atoms with Crippen LogP contribution in [-0.4, -0.2) is 31.7 Å². The van der Waals surface area contributed by atoms with E-state index in [0.29, 0.717) is 24.9 Å². The summed E-state index contributed by atoms with van der Waals surface area (Å²) in [4.78, 5) is 13.8. The fourth-order valence-corrected chi connectivity index (χ4v) is 2.19. The zero-order valence-electron chi connectivity index (χ0n) is 13.9. The molecular weight excluding hydrogens is 302 g/mol. The number of alkyl halides is 1. The van der Waals surface area contributed by atoms with Crippen LogP contribution in [0.5, 0.6) is 5.75 Å². The van der Waals surface area contributed by atoms with E-state index in [2.05, 4.69) is 20.8 Å². The molecule has 0 aliphatic carbocycles. The lowest BCUT2D eigenvalue weighted by Gasteiger charge is -2.26. The van der Waals surface area contributed by atoms with Crippen LogP contribution in [0.3, 0.4) is 0 Å². The summed E-state index contributed by atoms with van der Waals surface area (Å²) in [6.07, 6.45) is 0.798. The van der Waals surface area contributed by atoms with Gasteiger partial charge in [0.25, 0.3) is 0 Å². The van der Waals surface area contributed by atoms with Crippen LogP contribution in [0.15, 0.2) is 18.2 Å². The van der Waals surface area contributed by atoms with Crippen LogP contribution in [0, 0.1) is 5.92 Å². The second-order valence-corrected chi connectivity index (χ2v) is 5.67. The Morgan fingerprint density at radius 1 is 1.32 bits per heavy atom. The molecule has 0 unspecified atom stereocenters. The predicted octanol–water partition coefficient (Wildman–Crippen LogP) is 3.85. The van der Waals surface area contributed by atoms with Gasteiger partial charge in [0.15, 0.2) is 0 Å². The van der Waals surface area contributed by atoms with Gasteiger partial charge in [-0.25, -0.2) is 0 Å². The fraction of sp³-hybridized carbons (Fsp3) is 0.588. The number of nitrogens with zero attached hydrogens (tertiary/aromatic N) is 1. The van der Waals surface area contributed by atoms with Gasteiger partial charge < -0.3 is 9.47 Å². The number of rotatable bonds is 9. The molecule has 0 radical (unpaired) electrons. The van der Waals surface area contributed by atoms with Gasteiger partial charge in [-0.05, 0) is 30.9 Å². The van der Waals surface area contributed by atoms with Crippen molar-refractivity contribution in [2.75, 3.05) is 30.7 Å². The average molecular weight is 328 g/mol. The molecule has 1 rings (SSSR count). The van der Waals surface area contributed by atoms with Crippen LogP contribution in [0.2, 0.25) is 0 Å². The van der Waals surface area contributed by atoms with Crippen LogP contribution in [-0.2, 0) is 16.0 Å². The largest absolute Gasteiger partial charge is 0.491 e. The molecule has 0 aliphatic rings. The molecule has 124 valence electrons. The molecule has 5 heteroatoms. The standard InChI is InChI=1S/C17H26ClNO3/c1-5-14-8-7-9-15(22-11-13(3)4)17(14)19(12-21-6-2)16(20)10-18/h7-9,13H,5-6,10-12H2,1-4H3. The number of carbonyl (C=O) groups excluding carboxylic acids is 1. The normalized spacial score (nSPS) is 10.8. The molecule has 0 atom stereocenters. The second-order valence-electron chi connectivity index (χ2n) is 5.40. The molecule has 0 saturated carbocycles. The quantitative estimate of drug-likeness (QED) is 0.511. The Kier molecular flexibility index (Phi) is 8.28. The van der Waals surface area contributed by atoms with E-state index in [0.717, 1.165) is 17.7 Å². The molecule has 0 heterocycles. The minimum Gasteiger partial charge on any atom is -0.491 e. The van der Waals surface area contributed by atoms with Gasteiger partial charge in [0.1, 0.15) is 18.4 Å². The lowest BCUT2D eigenvalue weighted by molar-refractivity contribution is -0.117. The lowest BCUT2D eigenvalue weighted by atomic mass is 10.1. The van der Waals surface area contributed by atoms with Gasteiger partial charge >= 0.3 is 0 Å². The van der Waals surface area contributed by atoms with Crippen LogP contribution >= 0.6 is 11.6 Å². The summed E-state index contributed by atoms with van der Waals surface area (Å²) in [7, 11) is 0. The minimum absolute atomic E-state index is 0.0885. The van der Waals surface area contributed by atoms with Crippen LogP contribution in [0.1, 0.15) is 33.3 Å². The minimum atomic E-state index is -0.189. The summed E-state index contributed by atoms with van der Waals surface area (Å²) in [5, 5.41) is 0. The Morgan fingerprint density at radius 2 is 2.05 bits per heavy atom. The number of ether oxygens (including phenoxy) is 2. The third-order valence-corrected chi connectivity index (χ3v) is 3.37. The van der Waals surface area contributed by atoms with E-state index < -0.39 is 0 Å². The van der Waals surface area contributed by atoms with Crippen molar-refractivity contribution in [1.82, 2.24) is 0 Å². The topological polar surface area (TPSA) is 38.8 Å². The van der Waals surface area contributed by atoms with Crippen molar-refractivity contribution in [2.45, 2.75) is 34.1 Å². The Bertz CT molecular complexity index is 477. The number of benzene rings is 1. The molecular formula is C17H26ClNO3. The predicted molar refractivity (Wildman–Crippen MR) is 90.9 cm³/mol. The summed E-state index contributed by atoms with van der Waals surface area (Å²) in [5.41, 5.74) is 1.81. The fourth-order valence-electron chi connectivity index (χ4n) is 2.05. The molecule has 0 N–H and O–H groups in total. The number of halogens is 1. The molecule has 22 heavy (non-hydrogen) atoms. The van der Waals surface area contributed by atoms with Crippen molar-refractivity contribution >= 4 is 23.2 Å². The van der Waals surface area contributed by atoms with Crippen molar-refractivity contribution < 1.29 is 14.3 Å². The molecule has 0 aromatic heterocycles. The summed E-state index contributed by atoms with van der Waals surface area (Å²) < 4.78 is 11.3. The number of carbonyl (C=O) groups is 1. The highest BCUT2D eigenvalue weighted by Crippen LogP contribution is 2.33. The van der Waals surface area contributed by atoms with E-state index in [1.165, 1.54) is 0 Å². The van der Waals surface area contributed by atoms with Gasteiger partial charge in [0.2, 0.25) is 5.91 Å². The highest BCUT2D eigenvalue weighted by Gasteiger charge is 2.22. The molecule has 1 aromatic rings. The first-order valence-electron chi connectivity index (χ1n) is 7.73. The molecule has 0 aliphatic heterocycles. The summed E-state index contributed by atoms with van der Waals surface area (Å²) in [5.74, 6) is 0.827. The molecule has 1 amide bonds. The van der Waals surface area contributed by atoms with Crippen molar-refractivity contribution in [3.05, 3.63) is 23.8 Å². The van der Waals surface area contributed by atoms with E-state index in [9.17, 15) is 4.79 Å². The molecule has 0 fully saturated rings. The molecule has 1 aromatic carbocycles. The van der Waals surface area contributed by atoms with E-state index in [-0.39, 0.29) is 18.5 Å². The van der Waals surface area contributed by atoms with Crippen LogP contribution in [0.25, 0.3) is 0 Å². The smallest absolute Gasteiger partial charge is 0.243 e. The Balaban J connectivity index is 3.21. The summed E-state index contributed by atoms with van der Waals surface area (Å²) in [6.45, 7) is 9.42. The van der Waals surface area contributed by atoms with Crippen LogP contribution < -0.4 is 9.64 Å². The highest BCUT2D eigenvalue weighted by molar-refractivity contribution is 6.29. The zero-order chi connectivity index (χ0) is 16.5. The van der Waals surface area contributed by atoms with Crippen molar-refractivity contribution in [3.8, 4) is 5.75 Å². The molecule has 0 saturated heterocycles. The third kappa shape index (κ3) is 5.18. The van der Waals surface area contributed by atoms with Gasteiger partial charge in [0, 0.05) is 6.61 Å². The van der Waals surface area contributed by atoms with E-state index in [1.807, 2.05) is 25.1 Å². The average Bonchev–Trinajstić information content (AvgIpc) is 2.53. The van der Waals surface area contributed by atoms with Crippen molar-refractivity contribution in [2.24, 2.45) is 5.92 Å². The first-order chi connectivity index (χ1) is 10.5. The Hall–Kier alpha value is -1.26. The number of para-hydroxylation sites is 1. The third-order valence-electron chi connectivity index (χ3n) is 3.15. The lowest BCUT2D eigenvalue weighted by Crippen LogP contribution is -2.35. The van der Waals surface area contributed by atoms with Gasteiger partial charge in [-0.15, -0.1) is 11.6 Å². The zero-order valence-corrected chi connectivity index (χ0v) is 14.7. The first-order valence-corrected chi connectivity index (χ1v) is 8.27. The molecule has 4 nitrogen and oxygen atoms in total. The van der Waals surface area contributed by atoms with E-state index in [4.69, 9.17) is 21.1 Å². The molecule has 0 spiro atoms. The number of anilines is 1. The van der Waals surface area contributed by atoms with Crippen molar-refractivity contribution in [3.63, 3.8) is 0 Å². The van der Waals surface area contributed by atoms with Crippen LogP contribution in [0.4, 0.5) is 5.69 Å². The molecule has 0 bridgehead atoms. The summed E-state index contributed by atoms with van der Waals surface area (Å²) in [6, 6.07) is 5.83. The maximum Gasteiger partial charge on any atom is 0.243 e. The SMILES string of the molecule is CCOCN(C(=O)CCl)c1c(CC)cccc1OCC(C)C. The monoisotopic (exact) mass is 327 g/mol. The maximum atomic E-state index is 12.2.